The van der Waals surface area contributed by atoms with Gasteiger partial charge in [-0.25, -0.2) is 9.97 Å². The maximum atomic E-state index is 13.6. The number of amides is 1. The molecule has 5 unspecified atom stereocenters. The normalized spacial score (nSPS) is 34.2. The van der Waals surface area contributed by atoms with E-state index >= 15 is 0 Å². The molecule has 2 aliphatic heterocycles. The summed E-state index contributed by atoms with van der Waals surface area (Å²) >= 11 is 0. The Morgan fingerprint density at radius 3 is 2.79 bits per heavy atom. The van der Waals surface area contributed by atoms with Gasteiger partial charge in [-0.1, -0.05) is 0 Å². The smallest absolute Gasteiger partial charge is 0.416 e. The van der Waals surface area contributed by atoms with Gasteiger partial charge in [0, 0.05) is 35.7 Å². The number of aliphatic hydroxyl groups is 1. The van der Waals surface area contributed by atoms with Crippen LogP contribution < -0.4 is 10.1 Å². The van der Waals surface area contributed by atoms with E-state index in [4.69, 9.17) is 9.47 Å². The van der Waals surface area contributed by atoms with Crippen LogP contribution in [0, 0.1) is 5.41 Å². The van der Waals surface area contributed by atoms with E-state index in [9.17, 15) is 23.1 Å². The van der Waals surface area contributed by atoms with Gasteiger partial charge >= 0.3 is 6.18 Å². The number of carbonyl (C=O) groups is 1. The average molecular weight is 461 g/mol. The summed E-state index contributed by atoms with van der Waals surface area (Å²) in [7, 11) is 1.49. The lowest BCUT2D eigenvalue weighted by molar-refractivity contribution is -0.137. The van der Waals surface area contributed by atoms with E-state index in [1.165, 1.54) is 7.11 Å². The predicted octanol–water partition coefficient (Wildman–Crippen LogP) is 3.18. The second-order valence-electron chi connectivity index (χ2n) is 9.45. The lowest BCUT2D eigenvalue weighted by atomic mass is 9.74. The molecule has 2 aliphatic carbocycles. The Bertz CT molecular complexity index is 1150. The summed E-state index contributed by atoms with van der Waals surface area (Å²) in [5.74, 6) is -0.186. The van der Waals surface area contributed by atoms with E-state index in [1.807, 2.05) is 0 Å². The van der Waals surface area contributed by atoms with Crippen molar-refractivity contribution in [3.63, 3.8) is 0 Å². The molecule has 2 aromatic heterocycles. The van der Waals surface area contributed by atoms with Crippen molar-refractivity contribution in [3.05, 3.63) is 47.3 Å². The zero-order valence-corrected chi connectivity index (χ0v) is 17.7. The second-order valence-corrected chi connectivity index (χ2v) is 9.45. The van der Waals surface area contributed by atoms with Gasteiger partial charge in [0.1, 0.15) is 5.82 Å². The lowest BCUT2D eigenvalue weighted by Gasteiger charge is -2.29. The van der Waals surface area contributed by atoms with Gasteiger partial charge in [0.15, 0.2) is 0 Å². The van der Waals surface area contributed by atoms with Crippen LogP contribution in [0.15, 0.2) is 30.5 Å². The molecule has 7 nitrogen and oxygen atoms in total. The summed E-state index contributed by atoms with van der Waals surface area (Å²) in [6.45, 7) is 0. The fraction of sp³-hybridized carbons (Fsp3) is 0.522. The van der Waals surface area contributed by atoms with E-state index in [2.05, 4.69) is 15.3 Å². The minimum atomic E-state index is -4.54. The Hall–Kier alpha value is -2.72. The number of nitrogens with zero attached hydrogens (tertiary/aromatic N) is 2. The molecule has 10 heteroatoms. The molecular weight excluding hydrogens is 439 g/mol. The Morgan fingerprint density at radius 1 is 1.30 bits per heavy atom. The van der Waals surface area contributed by atoms with E-state index in [-0.39, 0.29) is 11.7 Å². The first-order valence-electron chi connectivity index (χ1n) is 10.9. The Balaban J connectivity index is 1.37. The van der Waals surface area contributed by atoms with Crippen molar-refractivity contribution >= 4 is 11.7 Å². The standard InChI is InChI=1S/C23H22F3N3O4/c1-32-18-8-12(4-5-27-18)21-10-22(21,16-9-15(30)19(21)33-16)20(31)29-17-7-13(23(24,25)26)6-14(28-17)11-2-3-11/h4-8,11,15-16,19,30H,2-3,9-10H2,1H3,(H,28,29,31). The molecule has 2 saturated heterocycles. The molecule has 1 amide bonds. The van der Waals surface area contributed by atoms with Crippen molar-refractivity contribution in [3.8, 4) is 5.88 Å². The monoisotopic (exact) mass is 461 g/mol. The number of anilines is 1. The van der Waals surface area contributed by atoms with Crippen LogP contribution in [0.5, 0.6) is 5.88 Å². The van der Waals surface area contributed by atoms with Crippen LogP contribution in [-0.4, -0.2) is 46.4 Å². The van der Waals surface area contributed by atoms with Crippen molar-refractivity contribution < 1.29 is 32.5 Å². The maximum absolute atomic E-state index is 13.6. The number of ether oxygens (including phenoxy) is 2. The molecule has 2 aromatic rings. The molecular formula is C23H22F3N3O4. The number of alkyl halides is 3. The number of aliphatic hydroxyl groups excluding tert-OH is 1. The summed E-state index contributed by atoms with van der Waals surface area (Å²) in [4.78, 5) is 22.1. The molecule has 4 fully saturated rings. The SMILES string of the molecule is COc1cc(C23CC2(C(=O)Nc2cc(C(F)(F)F)cc(C4CC4)n2)C2CC(O)C3O2)ccn1. The van der Waals surface area contributed by atoms with Gasteiger partial charge in [0.25, 0.3) is 0 Å². The van der Waals surface area contributed by atoms with Crippen LogP contribution >= 0.6 is 0 Å². The number of aromatic nitrogens is 2. The number of fused-ring (bicyclic) bond motifs is 5. The highest BCUT2D eigenvalue weighted by Gasteiger charge is 2.87. The van der Waals surface area contributed by atoms with Crippen LogP contribution in [0.1, 0.15) is 48.4 Å². The number of methoxy groups -OCH3 is 1. The lowest BCUT2D eigenvalue weighted by Crippen LogP contribution is -2.44. The molecule has 33 heavy (non-hydrogen) atoms. The number of hydrogen-bond acceptors (Lipinski definition) is 6. The minimum absolute atomic E-state index is 0.00797. The highest BCUT2D eigenvalue weighted by molar-refractivity contribution is 6.00. The Kier molecular flexibility index (Phi) is 4.21. The molecule has 6 rings (SSSR count). The first-order valence-corrected chi connectivity index (χ1v) is 10.9. The quantitative estimate of drug-likeness (QED) is 0.711. The zero-order chi connectivity index (χ0) is 23.2. The van der Waals surface area contributed by atoms with Crippen molar-refractivity contribution in [1.82, 2.24) is 9.97 Å². The van der Waals surface area contributed by atoms with Crippen LogP contribution in [0.25, 0.3) is 0 Å². The maximum Gasteiger partial charge on any atom is 0.416 e. The van der Waals surface area contributed by atoms with E-state index in [0.29, 0.717) is 24.4 Å². The van der Waals surface area contributed by atoms with Gasteiger partial charge in [-0.3, -0.25) is 4.79 Å². The van der Waals surface area contributed by atoms with Crippen molar-refractivity contribution in [2.45, 2.75) is 61.5 Å². The molecule has 4 heterocycles. The van der Waals surface area contributed by atoms with Crippen LogP contribution in [-0.2, 0) is 21.1 Å². The molecule has 0 aromatic carbocycles. The molecule has 2 bridgehead atoms. The van der Waals surface area contributed by atoms with Crippen molar-refractivity contribution in [2.24, 2.45) is 5.41 Å². The predicted molar refractivity (Wildman–Crippen MR) is 109 cm³/mol. The summed E-state index contributed by atoms with van der Waals surface area (Å²) in [6, 6.07) is 5.43. The van der Waals surface area contributed by atoms with Gasteiger partial charge in [-0.15, -0.1) is 0 Å². The van der Waals surface area contributed by atoms with E-state index in [0.717, 1.165) is 30.5 Å². The Labute approximate surface area is 187 Å². The van der Waals surface area contributed by atoms with Gasteiger partial charge in [-0.2, -0.15) is 13.2 Å². The summed E-state index contributed by atoms with van der Waals surface area (Å²) in [5.41, 5.74) is -1.52. The minimum Gasteiger partial charge on any atom is -0.481 e. The van der Waals surface area contributed by atoms with E-state index < -0.39 is 46.8 Å². The first-order chi connectivity index (χ1) is 15.7. The first kappa shape index (κ1) is 20.9. The van der Waals surface area contributed by atoms with Gasteiger partial charge < -0.3 is 19.9 Å². The second kappa shape index (κ2) is 6.66. The molecule has 5 atom stereocenters. The number of halogens is 3. The summed E-state index contributed by atoms with van der Waals surface area (Å²) in [5, 5.41) is 13.2. The van der Waals surface area contributed by atoms with E-state index in [1.54, 1.807) is 18.3 Å². The van der Waals surface area contributed by atoms with Crippen LogP contribution in [0.2, 0.25) is 0 Å². The van der Waals surface area contributed by atoms with Crippen LogP contribution in [0.4, 0.5) is 19.0 Å². The molecule has 174 valence electrons. The largest absolute Gasteiger partial charge is 0.481 e. The molecule has 0 spiro atoms. The highest BCUT2D eigenvalue weighted by atomic mass is 19.4. The molecule has 4 aliphatic rings. The average Bonchev–Trinajstić information content (AvgIpc) is 3.69. The summed E-state index contributed by atoms with van der Waals surface area (Å²) in [6.07, 6.45) is -2.54. The summed E-state index contributed by atoms with van der Waals surface area (Å²) < 4.78 is 51.6. The van der Waals surface area contributed by atoms with Gasteiger partial charge in [-0.05, 0) is 43.0 Å². The number of pyridine rings is 2. The molecule has 2 saturated carbocycles. The topological polar surface area (TPSA) is 93.6 Å². The number of nitrogens with one attached hydrogen (secondary N) is 1. The highest BCUT2D eigenvalue weighted by Crippen LogP contribution is 2.77. The van der Waals surface area contributed by atoms with Crippen LogP contribution in [0.3, 0.4) is 0 Å². The van der Waals surface area contributed by atoms with Crippen molar-refractivity contribution in [2.75, 3.05) is 12.4 Å². The number of rotatable bonds is 5. The fourth-order valence-corrected chi connectivity index (χ4v) is 5.93. The molecule has 0 radical (unpaired) electrons. The number of hydrogen-bond donors (Lipinski definition) is 2. The third-order valence-corrected chi connectivity index (χ3v) is 7.65. The zero-order valence-electron chi connectivity index (χ0n) is 17.7. The molecule has 2 N–H and O–H groups in total. The van der Waals surface area contributed by atoms with Gasteiger partial charge in [0.05, 0.1) is 36.4 Å². The third kappa shape index (κ3) is 2.86. The van der Waals surface area contributed by atoms with Gasteiger partial charge in [0.2, 0.25) is 11.8 Å². The van der Waals surface area contributed by atoms with Crippen molar-refractivity contribution in [1.29, 1.82) is 0 Å². The third-order valence-electron chi connectivity index (χ3n) is 7.65. The fourth-order valence-electron chi connectivity index (χ4n) is 5.93. The number of carbonyl (C=O) groups excluding carboxylic acids is 1. The Morgan fingerprint density at radius 2 is 2.09 bits per heavy atom.